The summed E-state index contributed by atoms with van der Waals surface area (Å²) in [5, 5.41) is 5.50. The number of nitrogens with zero attached hydrogens (tertiary/aromatic N) is 1. The molecule has 0 atom stereocenters. The summed E-state index contributed by atoms with van der Waals surface area (Å²) >= 11 is 0. The Kier molecular flexibility index (Phi) is 6.18. The fourth-order valence-electron chi connectivity index (χ4n) is 2.63. The molecule has 2 amide bonds. The molecular weight excluding hydrogens is 368 g/mol. The molecule has 148 valence electrons. The van der Waals surface area contributed by atoms with Crippen LogP contribution in [0.1, 0.15) is 34.3 Å². The lowest BCUT2D eigenvalue weighted by Gasteiger charge is -2.11. The Labute approximate surface area is 161 Å². The van der Waals surface area contributed by atoms with Crippen LogP contribution in [-0.2, 0) is 11.3 Å². The number of carbonyl (C=O) groups excluding carboxylic acids is 2. The molecule has 2 N–H and O–H groups in total. The zero-order valence-corrected chi connectivity index (χ0v) is 15.4. The van der Waals surface area contributed by atoms with Gasteiger partial charge in [0.25, 0.3) is 12.3 Å². The molecule has 2 aromatic rings. The van der Waals surface area contributed by atoms with Gasteiger partial charge in [0.2, 0.25) is 5.91 Å². The summed E-state index contributed by atoms with van der Waals surface area (Å²) in [6.45, 7) is 1.36. The molecule has 1 saturated carbocycles. The van der Waals surface area contributed by atoms with E-state index < -0.39 is 13.0 Å². The molecule has 0 radical (unpaired) electrons. The molecule has 1 aliphatic carbocycles. The largest absolute Gasteiger partial charge is 0.487 e. The minimum absolute atomic E-state index is 0.0511. The Balaban J connectivity index is 1.56. The number of benzene rings is 1. The summed E-state index contributed by atoms with van der Waals surface area (Å²) in [6, 6.07) is 8.19. The van der Waals surface area contributed by atoms with Crippen molar-refractivity contribution in [3.8, 4) is 5.75 Å². The summed E-state index contributed by atoms with van der Waals surface area (Å²) in [6.07, 6.45) is 0.712. The second-order valence-electron chi connectivity index (χ2n) is 6.68. The number of ether oxygens (including phenoxy) is 1. The lowest BCUT2D eigenvalue weighted by molar-refractivity contribution is -0.117. The summed E-state index contributed by atoms with van der Waals surface area (Å²) in [5.74, 6) is 0.409. The van der Waals surface area contributed by atoms with Gasteiger partial charge in [-0.2, -0.15) is 0 Å². The van der Waals surface area contributed by atoms with E-state index in [1.54, 1.807) is 31.2 Å². The molecule has 8 heteroatoms. The van der Waals surface area contributed by atoms with E-state index in [2.05, 4.69) is 15.6 Å². The highest BCUT2D eigenvalue weighted by molar-refractivity contribution is 5.97. The van der Waals surface area contributed by atoms with Gasteiger partial charge in [0.05, 0.1) is 0 Å². The number of alkyl halides is 2. The van der Waals surface area contributed by atoms with Crippen molar-refractivity contribution in [1.82, 2.24) is 10.3 Å². The first-order valence-corrected chi connectivity index (χ1v) is 8.98. The minimum atomic E-state index is -2.53. The second-order valence-corrected chi connectivity index (χ2v) is 6.68. The van der Waals surface area contributed by atoms with Crippen molar-refractivity contribution < 1.29 is 23.1 Å². The number of carbonyl (C=O) groups is 2. The van der Waals surface area contributed by atoms with Gasteiger partial charge in [-0.1, -0.05) is 12.1 Å². The first kappa shape index (κ1) is 19.7. The van der Waals surface area contributed by atoms with Crippen LogP contribution in [0.3, 0.4) is 0 Å². The predicted molar refractivity (Wildman–Crippen MR) is 99.4 cm³/mol. The van der Waals surface area contributed by atoms with Crippen LogP contribution in [0.5, 0.6) is 5.75 Å². The highest BCUT2D eigenvalue weighted by Crippen LogP contribution is 2.30. The number of amides is 2. The zero-order valence-electron chi connectivity index (χ0n) is 15.4. The Hall–Kier alpha value is -3.03. The van der Waals surface area contributed by atoms with Crippen molar-refractivity contribution in [3.63, 3.8) is 0 Å². The molecular formula is C20H21F2N3O3. The molecule has 6 nitrogen and oxygen atoms in total. The second kappa shape index (κ2) is 8.77. The van der Waals surface area contributed by atoms with E-state index >= 15 is 0 Å². The van der Waals surface area contributed by atoms with E-state index in [-0.39, 0.29) is 24.3 Å². The first-order chi connectivity index (χ1) is 13.4. The minimum Gasteiger partial charge on any atom is -0.487 e. The molecule has 1 heterocycles. The number of aromatic nitrogens is 1. The number of hydrogen-bond acceptors (Lipinski definition) is 4. The fraction of sp³-hybridized carbons (Fsp3) is 0.350. The van der Waals surface area contributed by atoms with E-state index in [0.29, 0.717) is 22.7 Å². The van der Waals surface area contributed by atoms with Gasteiger partial charge in [0, 0.05) is 24.2 Å². The number of pyridine rings is 1. The maximum atomic E-state index is 12.4. The third kappa shape index (κ3) is 5.48. The number of hydrogen-bond donors (Lipinski definition) is 2. The predicted octanol–water partition coefficient (Wildman–Crippen LogP) is 3.31. The summed E-state index contributed by atoms with van der Waals surface area (Å²) in [7, 11) is 0. The van der Waals surface area contributed by atoms with Crippen LogP contribution in [0.4, 0.5) is 14.6 Å². The van der Waals surface area contributed by atoms with Crippen LogP contribution in [0.15, 0.2) is 36.5 Å². The van der Waals surface area contributed by atoms with Gasteiger partial charge in [-0.05, 0) is 49.1 Å². The average Bonchev–Trinajstić information content (AvgIpc) is 3.50. The molecule has 1 aromatic heterocycles. The van der Waals surface area contributed by atoms with Crippen LogP contribution < -0.4 is 15.4 Å². The van der Waals surface area contributed by atoms with Gasteiger partial charge >= 0.3 is 0 Å². The molecule has 0 saturated heterocycles. The molecule has 28 heavy (non-hydrogen) atoms. The molecule has 0 aliphatic heterocycles. The highest BCUT2D eigenvalue weighted by atomic mass is 19.3. The molecule has 1 aromatic carbocycles. The van der Waals surface area contributed by atoms with Crippen LogP contribution in [0.25, 0.3) is 0 Å². The molecule has 1 aliphatic rings. The van der Waals surface area contributed by atoms with Crippen LogP contribution in [-0.4, -0.2) is 29.8 Å². The quantitative estimate of drug-likeness (QED) is 0.726. The van der Waals surface area contributed by atoms with E-state index in [4.69, 9.17) is 4.74 Å². The van der Waals surface area contributed by atoms with Crippen LogP contribution >= 0.6 is 0 Å². The SMILES string of the molecule is Cc1cc(CNC(=O)c2ccnc(NC(=O)C3CC3)c2)ccc1OCC(F)F. The van der Waals surface area contributed by atoms with Gasteiger partial charge < -0.3 is 15.4 Å². The van der Waals surface area contributed by atoms with Crippen molar-refractivity contribution in [2.24, 2.45) is 5.92 Å². The number of nitrogens with one attached hydrogen (secondary N) is 2. The average molecular weight is 389 g/mol. The Bertz CT molecular complexity index is 870. The van der Waals surface area contributed by atoms with Gasteiger partial charge in [0.1, 0.15) is 18.2 Å². The molecule has 0 spiro atoms. The van der Waals surface area contributed by atoms with Crippen molar-refractivity contribution >= 4 is 17.6 Å². The molecule has 3 rings (SSSR count). The lowest BCUT2D eigenvalue weighted by Crippen LogP contribution is -2.23. The van der Waals surface area contributed by atoms with Gasteiger partial charge in [-0.15, -0.1) is 0 Å². The Morgan fingerprint density at radius 2 is 2.04 bits per heavy atom. The number of anilines is 1. The van der Waals surface area contributed by atoms with Gasteiger partial charge in [-0.3, -0.25) is 9.59 Å². The normalized spacial score (nSPS) is 13.3. The third-order valence-electron chi connectivity index (χ3n) is 4.28. The Morgan fingerprint density at radius 1 is 1.25 bits per heavy atom. The van der Waals surface area contributed by atoms with E-state index in [0.717, 1.165) is 18.4 Å². The van der Waals surface area contributed by atoms with Crippen LogP contribution in [0.2, 0.25) is 0 Å². The smallest absolute Gasteiger partial charge is 0.272 e. The Morgan fingerprint density at radius 3 is 2.71 bits per heavy atom. The maximum absolute atomic E-state index is 12.4. The third-order valence-corrected chi connectivity index (χ3v) is 4.28. The summed E-state index contributed by atoms with van der Waals surface area (Å²) < 4.78 is 29.5. The molecule has 0 bridgehead atoms. The number of rotatable bonds is 8. The number of aryl methyl sites for hydroxylation is 1. The number of halogens is 2. The topological polar surface area (TPSA) is 80.3 Å². The van der Waals surface area contributed by atoms with Crippen LogP contribution in [0, 0.1) is 12.8 Å². The first-order valence-electron chi connectivity index (χ1n) is 8.98. The maximum Gasteiger partial charge on any atom is 0.272 e. The van der Waals surface area contributed by atoms with E-state index in [1.807, 2.05) is 0 Å². The van der Waals surface area contributed by atoms with E-state index in [9.17, 15) is 18.4 Å². The molecule has 1 fully saturated rings. The van der Waals surface area contributed by atoms with Crippen molar-refractivity contribution in [1.29, 1.82) is 0 Å². The van der Waals surface area contributed by atoms with Gasteiger partial charge in [-0.25, -0.2) is 13.8 Å². The van der Waals surface area contributed by atoms with Crippen molar-refractivity contribution in [3.05, 3.63) is 53.2 Å². The molecule has 0 unspecified atom stereocenters. The van der Waals surface area contributed by atoms with Crippen molar-refractivity contribution in [2.45, 2.75) is 32.7 Å². The summed E-state index contributed by atoms with van der Waals surface area (Å²) in [4.78, 5) is 28.2. The standard InChI is InChI=1S/C20H21F2N3O3/c1-12-8-13(2-5-16(12)28-11-17(21)22)10-24-19(26)15-6-7-23-18(9-15)25-20(27)14-3-4-14/h2,5-9,14,17H,3-4,10-11H2,1H3,(H,24,26)(H,23,25,27). The monoisotopic (exact) mass is 389 g/mol. The van der Waals surface area contributed by atoms with E-state index in [1.165, 1.54) is 12.3 Å². The van der Waals surface area contributed by atoms with Crippen molar-refractivity contribution in [2.75, 3.05) is 11.9 Å². The lowest BCUT2D eigenvalue weighted by atomic mass is 10.1. The van der Waals surface area contributed by atoms with Gasteiger partial charge in [0.15, 0.2) is 0 Å². The highest BCUT2D eigenvalue weighted by Gasteiger charge is 2.29. The fourth-order valence-corrected chi connectivity index (χ4v) is 2.63. The summed E-state index contributed by atoms with van der Waals surface area (Å²) in [5.41, 5.74) is 1.91. The zero-order chi connectivity index (χ0) is 20.1.